The molecule has 0 spiro atoms. The van der Waals surface area contributed by atoms with Gasteiger partial charge >= 0.3 is 0 Å². The van der Waals surface area contributed by atoms with Gasteiger partial charge in [-0.2, -0.15) is 0 Å². The van der Waals surface area contributed by atoms with Gasteiger partial charge in [0.1, 0.15) is 12.4 Å². The summed E-state index contributed by atoms with van der Waals surface area (Å²) in [7, 11) is 0. The van der Waals surface area contributed by atoms with Gasteiger partial charge in [-0.1, -0.05) is 24.6 Å². The van der Waals surface area contributed by atoms with Crippen LogP contribution in [0.4, 0.5) is 0 Å². The molecular formula is C15H25NO2. The molecule has 0 radical (unpaired) electrons. The largest absolute Gasteiger partial charge is 0.491 e. The lowest BCUT2D eigenvalue weighted by Crippen LogP contribution is -2.38. The van der Waals surface area contributed by atoms with E-state index in [4.69, 9.17) is 4.74 Å². The van der Waals surface area contributed by atoms with Crippen LogP contribution in [0.25, 0.3) is 0 Å². The third-order valence-electron chi connectivity index (χ3n) is 2.94. The Balaban J connectivity index is 2.62. The standard InChI is InChI=1S/C15H25NO2/c1-5-6-16-14(9-17)10-18-15-12(3)7-11(2)8-13(15)4/h7-8,14,16-17H,5-6,9-10H2,1-4H3. The van der Waals surface area contributed by atoms with Crippen molar-refractivity contribution >= 4 is 0 Å². The van der Waals surface area contributed by atoms with Crippen molar-refractivity contribution in [2.45, 2.75) is 40.2 Å². The predicted octanol–water partition coefficient (Wildman–Crippen LogP) is 2.35. The lowest BCUT2D eigenvalue weighted by atomic mass is 10.1. The first kappa shape index (κ1) is 15.0. The summed E-state index contributed by atoms with van der Waals surface area (Å²) in [6.07, 6.45) is 1.05. The van der Waals surface area contributed by atoms with Gasteiger partial charge in [0, 0.05) is 0 Å². The summed E-state index contributed by atoms with van der Waals surface area (Å²) in [5, 5.41) is 12.5. The highest BCUT2D eigenvalue weighted by Crippen LogP contribution is 2.24. The molecule has 3 heteroatoms. The number of hydrogen-bond acceptors (Lipinski definition) is 3. The zero-order chi connectivity index (χ0) is 13.5. The van der Waals surface area contributed by atoms with Gasteiger partial charge in [-0.25, -0.2) is 0 Å². The molecule has 0 aliphatic carbocycles. The first-order valence-corrected chi connectivity index (χ1v) is 6.63. The molecule has 0 fully saturated rings. The van der Waals surface area contributed by atoms with E-state index >= 15 is 0 Å². The number of benzene rings is 1. The molecule has 0 aliphatic heterocycles. The van der Waals surface area contributed by atoms with E-state index in [1.807, 2.05) is 0 Å². The van der Waals surface area contributed by atoms with Crippen LogP contribution in [0.3, 0.4) is 0 Å². The lowest BCUT2D eigenvalue weighted by molar-refractivity contribution is 0.182. The fraction of sp³-hybridized carbons (Fsp3) is 0.600. The summed E-state index contributed by atoms with van der Waals surface area (Å²) in [5.41, 5.74) is 3.56. The molecule has 0 aliphatic rings. The van der Waals surface area contributed by atoms with E-state index in [1.165, 1.54) is 5.56 Å². The van der Waals surface area contributed by atoms with E-state index in [0.717, 1.165) is 29.8 Å². The van der Waals surface area contributed by atoms with Crippen LogP contribution >= 0.6 is 0 Å². The van der Waals surface area contributed by atoms with Gasteiger partial charge in [-0.15, -0.1) is 0 Å². The number of aryl methyl sites for hydroxylation is 3. The van der Waals surface area contributed by atoms with Gasteiger partial charge in [0.15, 0.2) is 0 Å². The Kier molecular flexibility index (Phi) is 6.16. The van der Waals surface area contributed by atoms with Crippen LogP contribution in [0.2, 0.25) is 0 Å². The molecule has 0 aromatic heterocycles. The van der Waals surface area contributed by atoms with Gasteiger partial charge in [-0.3, -0.25) is 0 Å². The molecular weight excluding hydrogens is 226 g/mol. The number of aliphatic hydroxyl groups is 1. The highest BCUT2D eigenvalue weighted by molar-refractivity contribution is 5.42. The Hall–Kier alpha value is -1.06. The molecule has 2 N–H and O–H groups in total. The molecule has 1 unspecified atom stereocenters. The van der Waals surface area contributed by atoms with E-state index in [9.17, 15) is 5.11 Å². The van der Waals surface area contributed by atoms with E-state index in [1.54, 1.807) is 0 Å². The summed E-state index contributed by atoms with van der Waals surface area (Å²) in [6, 6.07) is 4.25. The maximum Gasteiger partial charge on any atom is 0.125 e. The fourth-order valence-electron chi connectivity index (χ4n) is 2.10. The summed E-state index contributed by atoms with van der Waals surface area (Å²) in [5.74, 6) is 0.942. The Bertz CT molecular complexity index is 354. The highest BCUT2D eigenvalue weighted by Gasteiger charge is 2.10. The zero-order valence-corrected chi connectivity index (χ0v) is 11.9. The maximum absolute atomic E-state index is 9.27. The van der Waals surface area contributed by atoms with Crippen LogP contribution in [0.5, 0.6) is 5.75 Å². The number of aliphatic hydroxyl groups excluding tert-OH is 1. The van der Waals surface area contributed by atoms with E-state index < -0.39 is 0 Å². The average Bonchev–Trinajstić information content (AvgIpc) is 2.31. The molecule has 0 bridgehead atoms. The van der Waals surface area contributed by atoms with Crippen molar-refractivity contribution in [1.82, 2.24) is 5.32 Å². The third-order valence-corrected chi connectivity index (χ3v) is 2.94. The second-order valence-corrected chi connectivity index (χ2v) is 4.87. The minimum atomic E-state index is 0.00468. The summed E-state index contributed by atoms with van der Waals surface area (Å²) < 4.78 is 5.85. The lowest BCUT2D eigenvalue weighted by Gasteiger charge is -2.19. The second-order valence-electron chi connectivity index (χ2n) is 4.87. The summed E-state index contributed by atoms with van der Waals surface area (Å²) >= 11 is 0. The predicted molar refractivity (Wildman–Crippen MR) is 75.3 cm³/mol. The molecule has 18 heavy (non-hydrogen) atoms. The Morgan fingerprint density at radius 2 is 1.83 bits per heavy atom. The molecule has 1 rings (SSSR count). The summed E-state index contributed by atoms with van der Waals surface area (Å²) in [6.45, 7) is 9.82. The minimum Gasteiger partial charge on any atom is -0.491 e. The van der Waals surface area contributed by atoms with Crippen LogP contribution in [-0.4, -0.2) is 30.9 Å². The van der Waals surface area contributed by atoms with E-state index in [0.29, 0.717) is 6.61 Å². The van der Waals surface area contributed by atoms with Gasteiger partial charge in [0.05, 0.1) is 12.6 Å². The first-order chi connectivity index (χ1) is 8.58. The number of ether oxygens (including phenoxy) is 1. The third kappa shape index (κ3) is 4.31. The molecule has 102 valence electrons. The van der Waals surface area contributed by atoms with Crippen molar-refractivity contribution in [3.05, 3.63) is 28.8 Å². The van der Waals surface area contributed by atoms with E-state index in [2.05, 4.69) is 45.1 Å². The van der Waals surface area contributed by atoms with Crippen molar-refractivity contribution in [2.24, 2.45) is 0 Å². The van der Waals surface area contributed by atoms with Crippen molar-refractivity contribution in [3.8, 4) is 5.75 Å². The molecule has 0 saturated heterocycles. The highest BCUT2D eigenvalue weighted by atomic mass is 16.5. The van der Waals surface area contributed by atoms with E-state index in [-0.39, 0.29) is 12.6 Å². The SMILES string of the molecule is CCCNC(CO)COc1c(C)cc(C)cc1C. The average molecular weight is 251 g/mol. The smallest absolute Gasteiger partial charge is 0.125 e. The minimum absolute atomic E-state index is 0.00468. The second kappa shape index (κ2) is 7.39. The maximum atomic E-state index is 9.27. The van der Waals surface area contributed by atoms with Crippen molar-refractivity contribution in [1.29, 1.82) is 0 Å². The molecule has 1 aromatic rings. The monoisotopic (exact) mass is 251 g/mol. The quantitative estimate of drug-likeness (QED) is 0.781. The van der Waals surface area contributed by atoms with Crippen molar-refractivity contribution < 1.29 is 9.84 Å². The molecule has 0 heterocycles. The number of hydrogen-bond donors (Lipinski definition) is 2. The topological polar surface area (TPSA) is 41.5 Å². The van der Waals surface area contributed by atoms with Gasteiger partial charge < -0.3 is 15.2 Å². The summed E-state index contributed by atoms with van der Waals surface area (Å²) in [4.78, 5) is 0. The van der Waals surface area contributed by atoms with Gasteiger partial charge in [-0.05, 0) is 44.9 Å². The Labute approximate surface area is 110 Å². The van der Waals surface area contributed by atoms with Crippen LogP contribution in [-0.2, 0) is 0 Å². The number of rotatable bonds is 7. The zero-order valence-electron chi connectivity index (χ0n) is 11.9. The molecule has 0 saturated carbocycles. The van der Waals surface area contributed by atoms with Crippen LogP contribution in [0.1, 0.15) is 30.0 Å². The van der Waals surface area contributed by atoms with Crippen LogP contribution in [0, 0.1) is 20.8 Å². The first-order valence-electron chi connectivity index (χ1n) is 6.63. The molecule has 0 amide bonds. The molecule has 1 atom stereocenters. The number of nitrogens with one attached hydrogen (secondary N) is 1. The van der Waals surface area contributed by atoms with Crippen molar-refractivity contribution in [3.63, 3.8) is 0 Å². The normalized spacial score (nSPS) is 12.5. The van der Waals surface area contributed by atoms with Gasteiger partial charge in [0.25, 0.3) is 0 Å². The fourth-order valence-corrected chi connectivity index (χ4v) is 2.10. The Morgan fingerprint density at radius 3 is 2.33 bits per heavy atom. The molecule has 3 nitrogen and oxygen atoms in total. The van der Waals surface area contributed by atoms with Gasteiger partial charge in [0.2, 0.25) is 0 Å². The molecule has 1 aromatic carbocycles. The van der Waals surface area contributed by atoms with Crippen molar-refractivity contribution in [2.75, 3.05) is 19.8 Å². The van der Waals surface area contributed by atoms with Crippen LogP contribution < -0.4 is 10.1 Å². The van der Waals surface area contributed by atoms with Crippen LogP contribution in [0.15, 0.2) is 12.1 Å². The Morgan fingerprint density at radius 1 is 1.22 bits per heavy atom.